The Morgan fingerprint density at radius 1 is 1.28 bits per heavy atom. The molecule has 5 heteroatoms. The monoisotopic (exact) mass is 337 g/mol. The molecule has 0 aliphatic rings. The van der Waals surface area contributed by atoms with Gasteiger partial charge in [-0.05, 0) is 43.5 Å². The van der Waals surface area contributed by atoms with Crippen LogP contribution in [0.2, 0.25) is 0 Å². The molecule has 0 saturated carbocycles. The maximum atomic E-state index is 12.1. The number of rotatable bonds is 7. The van der Waals surface area contributed by atoms with Crippen LogP contribution in [-0.2, 0) is 11.2 Å². The molecule has 0 heterocycles. The first kappa shape index (κ1) is 18.3. The number of para-hydroxylation sites is 2. The first-order valence-corrected chi connectivity index (χ1v) is 8.09. The highest BCUT2D eigenvalue weighted by Crippen LogP contribution is 2.21. The van der Waals surface area contributed by atoms with Gasteiger partial charge in [0.15, 0.2) is 0 Å². The number of phenols is 1. The van der Waals surface area contributed by atoms with Crippen molar-refractivity contribution in [3.8, 4) is 5.75 Å². The summed E-state index contributed by atoms with van der Waals surface area (Å²) in [5, 5.41) is 17.2. The molecule has 2 aromatic carbocycles. The van der Waals surface area contributed by atoms with Crippen LogP contribution in [0.4, 0.5) is 5.69 Å². The number of hydrazone groups is 1. The van der Waals surface area contributed by atoms with E-state index >= 15 is 0 Å². The third-order valence-corrected chi connectivity index (χ3v) is 3.80. The van der Waals surface area contributed by atoms with E-state index in [0.717, 1.165) is 16.8 Å². The van der Waals surface area contributed by atoms with Gasteiger partial charge in [-0.3, -0.25) is 4.79 Å². The van der Waals surface area contributed by atoms with Crippen molar-refractivity contribution in [3.05, 3.63) is 71.8 Å². The van der Waals surface area contributed by atoms with Crippen LogP contribution in [0.5, 0.6) is 5.75 Å². The normalized spacial score (nSPS) is 11.9. The Balaban J connectivity index is 1.97. The molecule has 1 atom stereocenters. The third-order valence-electron chi connectivity index (χ3n) is 3.80. The number of nitrogens with zero attached hydrogens (tertiary/aromatic N) is 1. The van der Waals surface area contributed by atoms with Gasteiger partial charge in [-0.1, -0.05) is 36.4 Å². The molecule has 0 aliphatic heterocycles. The molecule has 2 aromatic rings. The average molecular weight is 337 g/mol. The molecule has 1 amide bonds. The van der Waals surface area contributed by atoms with Crippen LogP contribution in [0.3, 0.4) is 0 Å². The lowest BCUT2D eigenvalue weighted by Crippen LogP contribution is -2.35. The largest absolute Gasteiger partial charge is 0.507 e. The van der Waals surface area contributed by atoms with Crippen LogP contribution in [-0.4, -0.2) is 23.3 Å². The van der Waals surface area contributed by atoms with Gasteiger partial charge in [-0.25, -0.2) is 5.43 Å². The average Bonchev–Trinajstić information content (AvgIpc) is 2.60. The van der Waals surface area contributed by atoms with E-state index in [4.69, 9.17) is 0 Å². The Kier molecular flexibility index (Phi) is 6.34. The molecule has 0 aliphatic carbocycles. The van der Waals surface area contributed by atoms with Crippen LogP contribution < -0.4 is 10.7 Å². The van der Waals surface area contributed by atoms with Crippen molar-refractivity contribution in [3.63, 3.8) is 0 Å². The molecule has 0 aromatic heterocycles. The van der Waals surface area contributed by atoms with Gasteiger partial charge in [0, 0.05) is 11.3 Å². The van der Waals surface area contributed by atoms with Gasteiger partial charge in [-0.15, -0.1) is 6.58 Å². The number of nitrogens with one attached hydrogen (secondary N) is 2. The number of allylic oxidation sites excluding steroid dienone is 1. The topological polar surface area (TPSA) is 73.7 Å². The van der Waals surface area contributed by atoms with E-state index in [1.54, 1.807) is 19.1 Å². The Bertz CT molecular complexity index is 784. The molecule has 25 heavy (non-hydrogen) atoms. The predicted octanol–water partition coefficient (Wildman–Crippen LogP) is 3.38. The molecule has 3 N–H and O–H groups in total. The van der Waals surface area contributed by atoms with Crippen molar-refractivity contribution in [2.75, 3.05) is 5.32 Å². The van der Waals surface area contributed by atoms with Gasteiger partial charge < -0.3 is 10.4 Å². The summed E-state index contributed by atoms with van der Waals surface area (Å²) in [6.07, 6.45) is 3.72. The highest BCUT2D eigenvalue weighted by atomic mass is 16.3. The molecule has 2 rings (SSSR count). The zero-order valence-corrected chi connectivity index (χ0v) is 14.5. The number of amides is 1. The standard InChI is InChI=1S/C20H23N3O2/c1-4-8-16-10-7-11-17(19(16)24)13-21-23-20(25)15(3)22-18-12-6-5-9-14(18)2/h4-7,9-13,15,22,24H,1,8H2,2-3H3,(H,23,25)/b21-13-/t15-/m1/s1. The Morgan fingerprint density at radius 3 is 2.76 bits per heavy atom. The first-order valence-electron chi connectivity index (χ1n) is 8.09. The van der Waals surface area contributed by atoms with Crippen molar-refractivity contribution in [2.45, 2.75) is 26.3 Å². The summed E-state index contributed by atoms with van der Waals surface area (Å²) >= 11 is 0. The van der Waals surface area contributed by atoms with E-state index in [2.05, 4.69) is 22.4 Å². The highest BCUT2D eigenvalue weighted by molar-refractivity contribution is 5.88. The quantitative estimate of drug-likeness (QED) is 0.412. The van der Waals surface area contributed by atoms with Crippen LogP contribution in [0.1, 0.15) is 23.6 Å². The maximum Gasteiger partial charge on any atom is 0.262 e. The molecular weight excluding hydrogens is 314 g/mol. The SMILES string of the molecule is C=CCc1cccc(/C=N\NC(=O)[C@@H](C)Nc2ccccc2C)c1O. The van der Waals surface area contributed by atoms with Gasteiger partial charge in [0.2, 0.25) is 0 Å². The number of carbonyl (C=O) groups excluding carboxylic acids is 1. The number of carbonyl (C=O) groups is 1. The van der Waals surface area contributed by atoms with E-state index in [9.17, 15) is 9.90 Å². The van der Waals surface area contributed by atoms with E-state index < -0.39 is 6.04 Å². The number of phenolic OH excluding ortho intramolecular Hbond substituents is 1. The fraction of sp³-hybridized carbons (Fsp3) is 0.200. The van der Waals surface area contributed by atoms with Gasteiger partial charge >= 0.3 is 0 Å². The fourth-order valence-electron chi connectivity index (χ4n) is 2.33. The van der Waals surface area contributed by atoms with Crippen molar-refractivity contribution in [1.29, 1.82) is 0 Å². The number of aryl methyl sites for hydroxylation is 1. The minimum atomic E-state index is -0.445. The van der Waals surface area contributed by atoms with Crippen LogP contribution in [0, 0.1) is 6.92 Å². The number of aromatic hydroxyl groups is 1. The van der Waals surface area contributed by atoms with Crippen molar-refractivity contribution >= 4 is 17.8 Å². The van der Waals surface area contributed by atoms with Crippen molar-refractivity contribution in [2.24, 2.45) is 5.10 Å². The van der Waals surface area contributed by atoms with E-state index in [1.807, 2.05) is 43.3 Å². The van der Waals surface area contributed by atoms with Gasteiger partial charge in [0.25, 0.3) is 5.91 Å². The molecule has 0 bridgehead atoms. The lowest BCUT2D eigenvalue weighted by atomic mass is 10.1. The molecule has 0 saturated heterocycles. The highest BCUT2D eigenvalue weighted by Gasteiger charge is 2.12. The molecule has 5 nitrogen and oxygen atoms in total. The Hall–Kier alpha value is -3.08. The van der Waals surface area contributed by atoms with Gasteiger partial charge in [-0.2, -0.15) is 5.10 Å². The minimum absolute atomic E-state index is 0.145. The summed E-state index contributed by atoms with van der Waals surface area (Å²) in [5.41, 5.74) is 5.76. The van der Waals surface area contributed by atoms with Crippen LogP contribution >= 0.6 is 0 Å². The Labute approximate surface area is 148 Å². The summed E-state index contributed by atoms with van der Waals surface area (Å²) in [6.45, 7) is 7.40. The molecule has 0 spiro atoms. The van der Waals surface area contributed by atoms with E-state index in [1.165, 1.54) is 6.21 Å². The second-order valence-corrected chi connectivity index (χ2v) is 5.76. The molecule has 130 valence electrons. The van der Waals surface area contributed by atoms with Crippen LogP contribution in [0.25, 0.3) is 0 Å². The van der Waals surface area contributed by atoms with E-state index in [0.29, 0.717) is 12.0 Å². The first-order chi connectivity index (χ1) is 12.0. The Morgan fingerprint density at radius 2 is 2.04 bits per heavy atom. The summed E-state index contributed by atoms with van der Waals surface area (Å²) in [5.74, 6) is -0.118. The third kappa shape index (κ3) is 4.94. The molecule has 0 radical (unpaired) electrons. The number of anilines is 1. The smallest absolute Gasteiger partial charge is 0.262 e. The molecular formula is C20H23N3O2. The van der Waals surface area contributed by atoms with Crippen molar-refractivity contribution < 1.29 is 9.90 Å². The zero-order chi connectivity index (χ0) is 18.2. The minimum Gasteiger partial charge on any atom is -0.507 e. The van der Waals surface area contributed by atoms with Gasteiger partial charge in [0.05, 0.1) is 6.21 Å². The molecule has 0 fully saturated rings. The van der Waals surface area contributed by atoms with Crippen molar-refractivity contribution in [1.82, 2.24) is 5.43 Å². The summed E-state index contributed by atoms with van der Waals surface area (Å²) < 4.78 is 0. The number of benzene rings is 2. The lowest BCUT2D eigenvalue weighted by Gasteiger charge is -2.15. The molecule has 0 unspecified atom stereocenters. The lowest BCUT2D eigenvalue weighted by molar-refractivity contribution is -0.121. The van der Waals surface area contributed by atoms with Gasteiger partial charge in [0.1, 0.15) is 11.8 Å². The zero-order valence-electron chi connectivity index (χ0n) is 14.5. The summed E-state index contributed by atoms with van der Waals surface area (Å²) in [7, 11) is 0. The fourth-order valence-corrected chi connectivity index (χ4v) is 2.33. The summed E-state index contributed by atoms with van der Waals surface area (Å²) in [4.78, 5) is 12.1. The predicted molar refractivity (Wildman–Crippen MR) is 102 cm³/mol. The number of hydrogen-bond donors (Lipinski definition) is 3. The second-order valence-electron chi connectivity index (χ2n) is 5.76. The summed E-state index contributed by atoms with van der Waals surface area (Å²) in [6, 6.07) is 12.7. The van der Waals surface area contributed by atoms with Crippen LogP contribution in [0.15, 0.2) is 60.2 Å². The maximum absolute atomic E-state index is 12.1. The number of hydrogen-bond acceptors (Lipinski definition) is 4. The second kappa shape index (κ2) is 8.68. The van der Waals surface area contributed by atoms with E-state index in [-0.39, 0.29) is 11.7 Å².